The molecule has 0 amide bonds. The van der Waals surface area contributed by atoms with Gasteiger partial charge >= 0.3 is 0 Å². The first-order valence-electron chi connectivity index (χ1n) is 10.00. The van der Waals surface area contributed by atoms with Crippen LogP contribution in [0.15, 0.2) is 48.5 Å². The number of rotatable bonds is 6. The summed E-state index contributed by atoms with van der Waals surface area (Å²) in [6.45, 7) is 10.6. The van der Waals surface area contributed by atoms with Gasteiger partial charge in [-0.15, -0.1) is 0 Å². The third-order valence-corrected chi connectivity index (χ3v) is 6.18. The van der Waals surface area contributed by atoms with Gasteiger partial charge in [-0.3, -0.25) is 0 Å². The Morgan fingerprint density at radius 1 is 1.07 bits per heavy atom. The molecule has 1 saturated heterocycles. The lowest BCUT2D eigenvalue weighted by Gasteiger charge is -2.46. The van der Waals surface area contributed by atoms with Crippen molar-refractivity contribution in [3.05, 3.63) is 70.2 Å². The number of halogens is 1. The summed E-state index contributed by atoms with van der Waals surface area (Å²) in [6.07, 6.45) is 3.25. The number of hydrogen-bond donors (Lipinski definition) is 1. The first-order valence-corrected chi connectivity index (χ1v) is 10.4. The average molecular weight is 386 g/mol. The van der Waals surface area contributed by atoms with Crippen molar-refractivity contribution in [3.63, 3.8) is 0 Å². The molecule has 27 heavy (non-hydrogen) atoms. The molecule has 0 aromatic heterocycles. The summed E-state index contributed by atoms with van der Waals surface area (Å²) >= 11 is 6.01. The van der Waals surface area contributed by atoms with Crippen molar-refractivity contribution in [3.8, 4) is 0 Å². The third kappa shape index (κ3) is 5.13. The van der Waals surface area contributed by atoms with Gasteiger partial charge in [0, 0.05) is 23.1 Å². The molecule has 146 valence electrons. The van der Waals surface area contributed by atoms with Crippen LogP contribution in [0.5, 0.6) is 0 Å². The maximum absolute atomic E-state index is 6.04. The number of benzene rings is 2. The first-order chi connectivity index (χ1) is 12.8. The normalized spacial score (nSPS) is 23.1. The molecule has 0 bridgehead atoms. The molecule has 1 aliphatic rings. The van der Waals surface area contributed by atoms with Gasteiger partial charge in [0.15, 0.2) is 0 Å². The van der Waals surface area contributed by atoms with E-state index in [4.69, 9.17) is 16.3 Å². The topological polar surface area (TPSA) is 21.3 Å². The highest BCUT2D eigenvalue weighted by atomic mass is 35.5. The van der Waals surface area contributed by atoms with E-state index in [2.05, 4.69) is 69.4 Å². The SMILES string of the molecule is Cc1ccc(C2(CCNC(C)c3ccc(Cl)cc3)CCOC(C)(C)C2)cc1. The smallest absolute Gasteiger partial charge is 0.0635 e. The van der Waals surface area contributed by atoms with E-state index in [0.29, 0.717) is 6.04 Å². The van der Waals surface area contributed by atoms with Crippen LogP contribution in [0.2, 0.25) is 5.02 Å². The molecule has 1 heterocycles. The van der Waals surface area contributed by atoms with Crippen molar-refractivity contribution in [2.75, 3.05) is 13.2 Å². The van der Waals surface area contributed by atoms with Gasteiger partial charge < -0.3 is 10.1 Å². The summed E-state index contributed by atoms with van der Waals surface area (Å²) in [5, 5.41) is 4.50. The van der Waals surface area contributed by atoms with Crippen LogP contribution >= 0.6 is 11.6 Å². The molecule has 3 rings (SSSR count). The Balaban J connectivity index is 1.72. The van der Waals surface area contributed by atoms with E-state index < -0.39 is 0 Å². The van der Waals surface area contributed by atoms with Crippen molar-refractivity contribution >= 4 is 11.6 Å². The molecule has 0 spiro atoms. The molecular formula is C24H32ClNO. The largest absolute Gasteiger partial charge is 0.376 e. The van der Waals surface area contributed by atoms with Crippen LogP contribution in [-0.4, -0.2) is 18.8 Å². The zero-order valence-corrected chi connectivity index (χ0v) is 17.8. The summed E-state index contributed by atoms with van der Waals surface area (Å²) in [5.74, 6) is 0. The van der Waals surface area contributed by atoms with Gasteiger partial charge in [0.05, 0.1) is 5.60 Å². The second-order valence-electron chi connectivity index (χ2n) is 8.66. The minimum atomic E-state index is -0.0784. The average Bonchev–Trinajstić information content (AvgIpc) is 2.62. The van der Waals surface area contributed by atoms with Crippen molar-refractivity contribution in [1.82, 2.24) is 5.32 Å². The quantitative estimate of drug-likeness (QED) is 0.637. The molecule has 2 aromatic rings. The number of nitrogens with one attached hydrogen (secondary N) is 1. The van der Waals surface area contributed by atoms with E-state index in [9.17, 15) is 0 Å². The predicted molar refractivity (Wildman–Crippen MR) is 115 cm³/mol. The molecule has 2 nitrogen and oxygen atoms in total. The van der Waals surface area contributed by atoms with Gasteiger partial charge in [0.1, 0.15) is 0 Å². The van der Waals surface area contributed by atoms with E-state index in [-0.39, 0.29) is 11.0 Å². The first kappa shape index (κ1) is 20.4. The Hall–Kier alpha value is -1.35. The molecule has 0 radical (unpaired) electrons. The standard InChI is InChI=1S/C24H32ClNO/c1-18-5-9-21(10-6-18)24(14-16-27-23(3,4)17-24)13-15-26-19(2)20-7-11-22(25)12-8-20/h5-12,19,26H,13-17H2,1-4H3. The van der Waals surface area contributed by atoms with Crippen molar-refractivity contribution in [2.24, 2.45) is 0 Å². The van der Waals surface area contributed by atoms with Crippen molar-refractivity contribution in [1.29, 1.82) is 0 Å². The van der Waals surface area contributed by atoms with Gasteiger partial charge in [-0.25, -0.2) is 0 Å². The molecule has 2 unspecified atom stereocenters. The summed E-state index contributed by atoms with van der Waals surface area (Å²) in [5.41, 5.74) is 4.13. The van der Waals surface area contributed by atoms with E-state index >= 15 is 0 Å². The second kappa shape index (κ2) is 8.34. The van der Waals surface area contributed by atoms with Gasteiger partial charge in [-0.2, -0.15) is 0 Å². The molecule has 0 saturated carbocycles. The Morgan fingerprint density at radius 2 is 1.74 bits per heavy atom. The fraction of sp³-hybridized carbons (Fsp3) is 0.500. The van der Waals surface area contributed by atoms with Gasteiger partial charge in [-0.05, 0) is 76.8 Å². The molecule has 1 aliphatic heterocycles. The van der Waals surface area contributed by atoms with E-state index in [0.717, 1.165) is 37.4 Å². The van der Waals surface area contributed by atoms with Crippen molar-refractivity contribution < 1.29 is 4.74 Å². The highest BCUT2D eigenvalue weighted by molar-refractivity contribution is 6.30. The lowest BCUT2D eigenvalue weighted by atomic mass is 9.67. The number of aryl methyl sites for hydroxylation is 1. The van der Waals surface area contributed by atoms with E-state index in [1.165, 1.54) is 16.7 Å². The number of ether oxygens (including phenoxy) is 1. The maximum atomic E-state index is 6.04. The zero-order valence-electron chi connectivity index (χ0n) is 17.0. The molecule has 0 aliphatic carbocycles. The highest BCUT2D eigenvalue weighted by Gasteiger charge is 2.41. The molecule has 1 N–H and O–H groups in total. The second-order valence-corrected chi connectivity index (χ2v) is 9.10. The lowest BCUT2D eigenvalue weighted by Crippen LogP contribution is -2.45. The van der Waals surface area contributed by atoms with Gasteiger partial charge in [-0.1, -0.05) is 53.6 Å². The van der Waals surface area contributed by atoms with Gasteiger partial charge in [0.25, 0.3) is 0 Å². The van der Waals surface area contributed by atoms with E-state index in [1.54, 1.807) is 0 Å². The van der Waals surface area contributed by atoms with Crippen LogP contribution in [0.25, 0.3) is 0 Å². The third-order valence-electron chi connectivity index (χ3n) is 5.93. The Kier molecular flexibility index (Phi) is 6.30. The summed E-state index contributed by atoms with van der Waals surface area (Å²) in [4.78, 5) is 0. The van der Waals surface area contributed by atoms with Crippen LogP contribution in [-0.2, 0) is 10.2 Å². The Morgan fingerprint density at radius 3 is 2.37 bits per heavy atom. The molecule has 2 aromatic carbocycles. The molecular weight excluding hydrogens is 354 g/mol. The Labute approximate surface area is 169 Å². The van der Waals surface area contributed by atoms with Crippen LogP contribution < -0.4 is 5.32 Å². The van der Waals surface area contributed by atoms with E-state index in [1.807, 2.05) is 12.1 Å². The molecule has 1 fully saturated rings. The molecule has 2 atom stereocenters. The number of hydrogen-bond acceptors (Lipinski definition) is 2. The summed E-state index contributed by atoms with van der Waals surface area (Å²) in [7, 11) is 0. The monoisotopic (exact) mass is 385 g/mol. The van der Waals surface area contributed by atoms with Gasteiger partial charge in [0.2, 0.25) is 0 Å². The van der Waals surface area contributed by atoms with Crippen molar-refractivity contribution in [2.45, 2.75) is 64.0 Å². The fourth-order valence-electron chi connectivity index (χ4n) is 4.39. The van der Waals surface area contributed by atoms with Crippen LogP contribution in [0.1, 0.15) is 62.8 Å². The van der Waals surface area contributed by atoms with Crippen LogP contribution in [0.3, 0.4) is 0 Å². The fourth-order valence-corrected chi connectivity index (χ4v) is 4.51. The lowest BCUT2D eigenvalue weighted by molar-refractivity contribution is -0.0840. The predicted octanol–water partition coefficient (Wildman–Crippen LogP) is 6.22. The molecule has 3 heteroatoms. The summed E-state index contributed by atoms with van der Waals surface area (Å²) < 4.78 is 6.04. The minimum absolute atomic E-state index is 0.0784. The maximum Gasteiger partial charge on any atom is 0.0635 e. The Bertz CT molecular complexity index is 738. The highest BCUT2D eigenvalue weighted by Crippen LogP contribution is 2.44. The summed E-state index contributed by atoms with van der Waals surface area (Å²) in [6, 6.07) is 17.6. The van der Waals surface area contributed by atoms with Crippen LogP contribution in [0.4, 0.5) is 0 Å². The minimum Gasteiger partial charge on any atom is -0.376 e. The zero-order chi connectivity index (χ0) is 19.5. The van der Waals surface area contributed by atoms with Crippen LogP contribution in [0, 0.1) is 6.92 Å².